The second kappa shape index (κ2) is 5.43. The van der Waals surface area contributed by atoms with Crippen molar-refractivity contribution in [2.24, 2.45) is 7.05 Å². The lowest BCUT2D eigenvalue weighted by Gasteiger charge is -2.05. The summed E-state index contributed by atoms with van der Waals surface area (Å²) in [6.45, 7) is 0.0308. The Kier molecular flexibility index (Phi) is 3.69. The second-order valence-corrected chi connectivity index (χ2v) is 3.96. The van der Waals surface area contributed by atoms with E-state index in [1.807, 2.05) is 0 Å². The minimum atomic E-state index is -0.751. The number of hydrogen-bond acceptors (Lipinski definition) is 5. The summed E-state index contributed by atoms with van der Waals surface area (Å²) in [6.07, 6.45) is 1.45. The van der Waals surface area contributed by atoms with E-state index in [1.54, 1.807) is 11.6 Å². The average molecular weight is 279 g/mol. The summed E-state index contributed by atoms with van der Waals surface area (Å²) in [6, 6.07) is 2.70. The molecule has 1 amide bonds. The van der Waals surface area contributed by atoms with Crippen molar-refractivity contribution < 1.29 is 14.1 Å². The molecule has 0 unspecified atom stereocenters. The fraction of sp³-hybridized carbons (Fsp3) is 0.182. The van der Waals surface area contributed by atoms with Gasteiger partial charge in [0.25, 0.3) is 11.6 Å². The van der Waals surface area contributed by atoms with Crippen LogP contribution in [0.25, 0.3) is 0 Å². The zero-order valence-electron chi connectivity index (χ0n) is 10.4. The van der Waals surface area contributed by atoms with Gasteiger partial charge in [0, 0.05) is 13.1 Å². The topological polar surface area (TPSA) is 103 Å². The van der Waals surface area contributed by atoms with Crippen molar-refractivity contribution in [1.82, 2.24) is 20.1 Å². The van der Waals surface area contributed by atoms with E-state index in [2.05, 4.69) is 15.5 Å². The predicted molar refractivity (Wildman–Crippen MR) is 65.2 cm³/mol. The van der Waals surface area contributed by atoms with Gasteiger partial charge in [0.15, 0.2) is 5.82 Å². The summed E-state index contributed by atoms with van der Waals surface area (Å²) >= 11 is 0. The van der Waals surface area contributed by atoms with Gasteiger partial charge in [-0.1, -0.05) is 0 Å². The van der Waals surface area contributed by atoms with E-state index >= 15 is 0 Å². The van der Waals surface area contributed by atoms with Crippen molar-refractivity contribution in [2.75, 3.05) is 0 Å². The van der Waals surface area contributed by atoms with E-state index in [4.69, 9.17) is 0 Å². The molecular weight excluding hydrogens is 269 g/mol. The lowest BCUT2D eigenvalue weighted by molar-refractivity contribution is -0.385. The standard InChI is InChI=1S/C11H10FN5O3/c1-16-6-14-15-10(16)5-13-11(18)8-4-7(12)2-3-9(8)17(19)20/h2-4,6H,5H2,1H3,(H,13,18). The van der Waals surface area contributed by atoms with Gasteiger partial charge < -0.3 is 9.88 Å². The molecule has 2 aromatic rings. The van der Waals surface area contributed by atoms with E-state index in [-0.39, 0.29) is 12.1 Å². The van der Waals surface area contributed by atoms with Gasteiger partial charge in [-0.3, -0.25) is 14.9 Å². The van der Waals surface area contributed by atoms with Crippen molar-refractivity contribution >= 4 is 11.6 Å². The molecule has 0 aliphatic carbocycles. The van der Waals surface area contributed by atoms with E-state index in [9.17, 15) is 19.3 Å². The Balaban J connectivity index is 2.19. The number of rotatable bonds is 4. The number of hydrogen-bond donors (Lipinski definition) is 1. The number of nitrogens with one attached hydrogen (secondary N) is 1. The van der Waals surface area contributed by atoms with Gasteiger partial charge in [0.2, 0.25) is 0 Å². The molecule has 0 bridgehead atoms. The molecule has 0 saturated heterocycles. The molecule has 1 heterocycles. The smallest absolute Gasteiger partial charge is 0.282 e. The number of nitro groups is 1. The highest BCUT2D eigenvalue weighted by molar-refractivity contribution is 5.98. The monoisotopic (exact) mass is 279 g/mol. The van der Waals surface area contributed by atoms with Crippen LogP contribution < -0.4 is 5.32 Å². The molecule has 20 heavy (non-hydrogen) atoms. The molecule has 2 rings (SSSR count). The van der Waals surface area contributed by atoms with Crippen LogP contribution in [0, 0.1) is 15.9 Å². The van der Waals surface area contributed by atoms with Crippen molar-refractivity contribution in [1.29, 1.82) is 0 Å². The molecule has 1 aromatic carbocycles. The molecule has 0 fully saturated rings. The zero-order valence-corrected chi connectivity index (χ0v) is 10.4. The minimum Gasteiger partial charge on any atom is -0.345 e. The Morgan fingerprint density at radius 3 is 2.90 bits per heavy atom. The molecule has 0 radical (unpaired) electrons. The minimum absolute atomic E-state index is 0.0308. The van der Waals surface area contributed by atoms with Crippen LogP contribution in [0.2, 0.25) is 0 Å². The number of nitro benzene ring substituents is 1. The summed E-state index contributed by atoms with van der Waals surface area (Å²) < 4.78 is 14.7. The van der Waals surface area contributed by atoms with Crippen LogP contribution in [0.4, 0.5) is 10.1 Å². The van der Waals surface area contributed by atoms with Crippen molar-refractivity contribution in [3.8, 4) is 0 Å². The van der Waals surface area contributed by atoms with Crippen molar-refractivity contribution in [3.63, 3.8) is 0 Å². The number of halogens is 1. The van der Waals surface area contributed by atoms with E-state index in [1.165, 1.54) is 6.33 Å². The molecule has 0 spiro atoms. The highest BCUT2D eigenvalue weighted by Crippen LogP contribution is 2.19. The average Bonchev–Trinajstić information content (AvgIpc) is 2.81. The number of carbonyl (C=O) groups is 1. The van der Waals surface area contributed by atoms with Crippen LogP contribution in [0.3, 0.4) is 0 Å². The third-order valence-electron chi connectivity index (χ3n) is 2.61. The van der Waals surface area contributed by atoms with Gasteiger partial charge in [0.05, 0.1) is 11.5 Å². The van der Waals surface area contributed by atoms with Crippen LogP contribution in [-0.4, -0.2) is 25.6 Å². The summed E-state index contributed by atoms with van der Waals surface area (Å²) in [5.41, 5.74) is -0.793. The normalized spacial score (nSPS) is 10.3. The molecule has 0 atom stereocenters. The maximum Gasteiger partial charge on any atom is 0.282 e. The number of aryl methyl sites for hydroxylation is 1. The first-order valence-electron chi connectivity index (χ1n) is 5.54. The van der Waals surface area contributed by atoms with Crippen LogP contribution in [0.5, 0.6) is 0 Å². The molecule has 0 aliphatic rings. The first kappa shape index (κ1) is 13.6. The van der Waals surface area contributed by atoms with E-state index < -0.39 is 22.3 Å². The lowest BCUT2D eigenvalue weighted by atomic mass is 10.1. The largest absolute Gasteiger partial charge is 0.345 e. The second-order valence-electron chi connectivity index (χ2n) is 3.96. The van der Waals surface area contributed by atoms with Gasteiger partial charge in [-0.15, -0.1) is 10.2 Å². The molecule has 0 aliphatic heterocycles. The van der Waals surface area contributed by atoms with Crippen LogP contribution in [-0.2, 0) is 13.6 Å². The third-order valence-corrected chi connectivity index (χ3v) is 2.61. The van der Waals surface area contributed by atoms with Gasteiger partial charge in [-0.2, -0.15) is 0 Å². The number of carbonyl (C=O) groups excluding carboxylic acids is 1. The predicted octanol–water partition coefficient (Wildman–Crippen LogP) is 0.792. The molecule has 8 nitrogen and oxygen atoms in total. The Bertz CT molecular complexity index is 670. The number of amides is 1. The molecule has 0 saturated carbocycles. The Morgan fingerprint density at radius 1 is 1.55 bits per heavy atom. The van der Waals surface area contributed by atoms with Crippen LogP contribution in [0.1, 0.15) is 16.2 Å². The van der Waals surface area contributed by atoms with Gasteiger partial charge in [-0.05, 0) is 12.1 Å². The fourth-order valence-electron chi connectivity index (χ4n) is 1.57. The molecule has 1 aromatic heterocycles. The fourth-order valence-corrected chi connectivity index (χ4v) is 1.57. The first-order chi connectivity index (χ1) is 9.49. The molecule has 1 N–H and O–H groups in total. The van der Waals surface area contributed by atoms with Gasteiger partial charge in [0.1, 0.15) is 17.7 Å². The Labute approximate surface area is 112 Å². The summed E-state index contributed by atoms with van der Waals surface area (Å²) in [4.78, 5) is 22.0. The first-order valence-corrected chi connectivity index (χ1v) is 5.54. The third kappa shape index (κ3) is 2.76. The highest BCUT2D eigenvalue weighted by atomic mass is 19.1. The quantitative estimate of drug-likeness (QED) is 0.658. The van der Waals surface area contributed by atoms with Crippen molar-refractivity contribution in [3.05, 3.63) is 51.8 Å². The van der Waals surface area contributed by atoms with Crippen LogP contribution in [0.15, 0.2) is 24.5 Å². The Morgan fingerprint density at radius 2 is 2.30 bits per heavy atom. The Hall–Kier alpha value is -2.84. The highest BCUT2D eigenvalue weighted by Gasteiger charge is 2.21. The number of aromatic nitrogens is 3. The molecule has 104 valence electrons. The number of nitrogens with zero attached hydrogens (tertiary/aromatic N) is 4. The molecule has 9 heteroatoms. The zero-order chi connectivity index (χ0) is 14.7. The maximum absolute atomic E-state index is 13.1. The maximum atomic E-state index is 13.1. The van der Waals surface area contributed by atoms with Gasteiger partial charge >= 0.3 is 0 Å². The van der Waals surface area contributed by atoms with E-state index in [0.29, 0.717) is 5.82 Å². The van der Waals surface area contributed by atoms with E-state index in [0.717, 1.165) is 18.2 Å². The summed E-state index contributed by atoms with van der Waals surface area (Å²) in [5.74, 6) is -1.00. The summed E-state index contributed by atoms with van der Waals surface area (Å²) in [7, 11) is 1.69. The molecular formula is C11H10FN5O3. The summed E-state index contributed by atoms with van der Waals surface area (Å²) in [5, 5.41) is 20.6. The SMILES string of the molecule is Cn1cnnc1CNC(=O)c1cc(F)ccc1[N+](=O)[O-]. The number of benzene rings is 1. The van der Waals surface area contributed by atoms with Gasteiger partial charge in [-0.25, -0.2) is 4.39 Å². The lowest BCUT2D eigenvalue weighted by Crippen LogP contribution is -2.25. The van der Waals surface area contributed by atoms with Crippen LogP contribution >= 0.6 is 0 Å². The van der Waals surface area contributed by atoms with Crippen molar-refractivity contribution in [2.45, 2.75) is 6.54 Å².